The summed E-state index contributed by atoms with van der Waals surface area (Å²) in [5.41, 5.74) is 1.67. The molecule has 1 amide bonds. The number of nitrogens with one attached hydrogen (secondary N) is 1. The monoisotopic (exact) mass is 191 g/mol. The number of carbonyl (C=O) groups excluding carboxylic acids is 1. The van der Waals surface area contributed by atoms with Gasteiger partial charge in [0.05, 0.1) is 0 Å². The Hall–Kier alpha value is -0.790. The van der Waals surface area contributed by atoms with Gasteiger partial charge >= 0.3 is 0 Å². The molecule has 4 aliphatic carbocycles. The molecule has 0 saturated heterocycles. The van der Waals surface area contributed by atoms with Crippen molar-refractivity contribution < 1.29 is 4.79 Å². The average Bonchev–Trinajstić information content (AvgIpc) is 2.09. The van der Waals surface area contributed by atoms with E-state index in [1.807, 2.05) is 0 Å². The topological polar surface area (TPSA) is 29.1 Å². The maximum absolute atomic E-state index is 11.1. The molecule has 4 bridgehead atoms. The number of hydrogen-bond donors (Lipinski definition) is 1. The summed E-state index contributed by atoms with van der Waals surface area (Å²) in [6, 6.07) is 0.487. The highest BCUT2D eigenvalue weighted by atomic mass is 16.1. The molecule has 14 heavy (non-hydrogen) atoms. The van der Waals surface area contributed by atoms with E-state index in [2.05, 4.69) is 11.4 Å². The van der Waals surface area contributed by atoms with Gasteiger partial charge in [-0.05, 0) is 43.4 Å². The highest BCUT2D eigenvalue weighted by Gasteiger charge is 2.44. The largest absolute Gasteiger partial charge is 0.353 e. The highest BCUT2D eigenvalue weighted by Crippen LogP contribution is 2.50. The molecular formula is C12H17NO. The van der Waals surface area contributed by atoms with Crippen molar-refractivity contribution >= 4 is 5.91 Å². The Morgan fingerprint density at radius 2 is 2.00 bits per heavy atom. The standard InChI is InChI=1S/C12H17NO/c1-7(14)13-12-10-3-8-2-9(5-10)6-11(12)4-8/h2,8,10-12H,3-6H2,1H3,(H,13,14). The first-order valence-corrected chi connectivity index (χ1v) is 5.69. The van der Waals surface area contributed by atoms with Crippen LogP contribution in [0.1, 0.15) is 32.6 Å². The summed E-state index contributed by atoms with van der Waals surface area (Å²) in [5.74, 6) is 2.48. The van der Waals surface area contributed by atoms with Crippen LogP contribution in [-0.2, 0) is 4.79 Å². The van der Waals surface area contributed by atoms with Crippen LogP contribution in [0, 0.1) is 17.8 Å². The first-order chi connectivity index (χ1) is 6.72. The van der Waals surface area contributed by atoms with Crippen LogP contribution >= 0.6 is 0 Å². The number of carbonyl (C=O) groups is 1. The summed E-state index contributed by atoms with van der Waals surface area (Å²) < 4.78 is 0. The molecule has 2 nitrogen and oxygen atoms in total. The fourth-order valence-corrected chi connectivity index (χ4v) is 3.81. The minimum atomic E-state index is 0.149. The zero-order valence-corrected chi connectivity index (χ0v) is 8.62. The zero-order valence-electron chi connectivity index (χ0n) is 8.62. The Morgan fingerprint density at radius 1 is 1.36 bits per heavy atom. The Bertz CT molecular complexity index is 289. The van der Waals surface area contributed by atoms with Gasteiger partial charge in [0.15, 0.2) is 0 Å². The fraction of sp³-hybridized carbons (Fsp3) is 0.750. The van der Waals surface area contributed by atoms with E-state index >= 15 is 0 Å². The first-order valence-electron chi connectivity index (χ1n) is 5.69. The molecular weight excluding hydrogens is 174 g/mol. The molecule has 4 aliphatic rings. The maximum Gasteiger partial charge on any atom is 0.217 e. The molecule has 0 radical (unpaired) electrons. The highest BCUT2D eigenvalue weighted by molar-refractivity contribution is 5.73. The summed E-state index contributed by atoms with van der Waals surface area (Å²) in [5, 5.41) is 3.16. The van der Waals surface area contributed by atoms with E-state index in [0.29, 0.717) is 6.04 Å². The molecule has 2 unspecified atom stereocenters. The van der Waals surface area contributed by atoms with Crippen molar-refractivity contribution in [1.82, 2.24) is 5.32 Å². The van der Waals surface area contributed by atoms with Gasteiger partial charge in [-0.25, -0.2) is 0 Å². The molecule has 2 fully saturated rings. The fourth-order valence-electron chi connectivity index (χ4n) is 3.81. The number of hydrogen-bond acceptors (Lipinski definition) is 1. The summed E-state index contributed by atoms with van der Waals surface area (Å²) in [7, 11) is 0. The lowest BCUT2D eigenvalue weighted by Crippen LogP contribution is -2.52. The maximum atomic E-state index is 11.1. The number of allylic oxidation sites excluding steroid dienone is 2. The van der Waals surface area contributed by atoms with Gasteiger partial charge in [0.2, 0.25) is 5.91 Å². The van der Waals surface area contributed by atoms with Crippen molar-refractivity contribution in [2.24, 2.45) is 17.8 Å². The molecule has 0 aromatic heterocycles. The zero-order chi connectivity index (χ0) is 9.71. The molecule has 2 atom stereocenters. The van der Waals surface area contributed by atoms with Gasteiger partial charge in [-0.1, -0.05) is 11.6 Å². The van der Waals surface area contributed by atoms with Crippen LogP contribution in [-0.4, -0.2) is 11.9 Å². The summed E-state index contributed by atoms with van der Waals surface area (Å²) in [4.78, 5) is 11.1. The van der Waals surface area contributed by atoms with Gasteiger partial charge in [0.25, 0.3) is 0 Å². The molecule has 2 saturated carbocycles. The van der Waals surface area contributed by atoms with Crippen LogP contribution < -0.4 is 5.32 Å². The molecule has 76 valence electrons. The third-order valence-corrected chi connectivity index (χ3v) is 4.12. The predicted molar refractivity (Wildman–Crippen MR) is 54.6 cm³/mol. The van der Waals surface area contributed by atoms with Gasteiger partial charge in [0, 0.05) is 13.0 Å². The van der Waals surface area contributed by atoms with Crippen molar-refractivity contribution in [3.8, 4) is 0 Å². The first kappa shape index (κ1) is 8.51. The van der Waals surface area contributed by atoms with E-state index in [1.165, 1.54) is 25.7 Å². The van der Waals surface area contributed by atoms with Gasteiger partial charge < -0.3 is 5.32 Å². The van der Waals surface area contributed by atoms with Crippen molar-refractivity contribution in [3.63, 3.8) is 0 Å². The van der Waals surface area contributed by atoms with Gasteiger partial charge in [-0.15, -0.1) is 0 Å². The van der Waals surface area contributed by atoms with Crippen molar-refractivity contribution in [3.05, 3.63) is 11.6 Å². The van der Waals surface area contributed by atoms with Gasteiger partial charge in [-0.3, -0.25) is 4.79 Å². The van der Waals surface area contributed by atoms with Crippen molar-refractivity contribution in [2.75, 3.05) is 0 Å². The van der Waals surface area contributed by atoms with E-state index in [4.69, 9.17) is 0 Å². The second-order valence-corrected chi connectivity index (χ2v) is 5.21. The van der Waals surface area contributed by atoms with E-state index in [-0.39, 0.29) is 5.91 Å². The Morgan fingerprint density at radius 3 is 2.50 bits per heavy atom. The Kier molecular flexibility index (Phi) is 1.73. The second kappa shape index (κ2) is 2.85. The quantitative estimate of drug-likeness (QED) is 0.630. The van der Waals surface area contributed by atoms with Crippen LogP contribution in [0.2, 0.25) is 0 Å². The van der Waals surface area contributed by atoms with Crippen LogP contribution in [0.3, 0.4) is 0 Å². The van der Waals surface area contributed by atoms with E-state index in [9.17, 15) is 4.79 Å². The lowest BCUT2D eigenvalue weighted by Gasteiger charge is -2.50. The van der Waals surface area contributed by atoms with Gasteiger partial charge in [0.1, 0.15) is 0 Å². The molecule has 1 N–H and O–H groups in total. The molecule has 0 aliphatic heterocycles. The van der Waals surface area contributed by atoms with Crippen molar-refractivity contribution in [2.45, 2.75) is 38.6 Å². The summed E-state index contributed by atoms with van der Waals surface area (Å²) in [6.45, 7) is 1.64. The normalized spacial score (nSPS) is 43.6. The average molecular weight is 191 g/mol. The minimum Gasteiger partial charge on any atom is -0.353 e. The predicted octanol–water partition coefficient (Wildman–Crippen LogP) is 1.87. The molecule has 2 heteroatoms. The SMILES string of the molecule is CC(=O)NC1C2CC3=CC(C2)CC1C3. The van der Waals surface area contributed by atoms with Crippen LogP contribution in [0.5, 0.6) is 0 Å². The molecule has 0 spiro atoms. The number of rotatable bonds is 1. The lowest BCUT2D eigenvalue weighted by molar-refractivity contribution is -0.121. The van der Waals surface area contributed by atoms with E-state index < -0.39 is 0 Å². The molecule has 0 aromatic rings. The summed E-state index contributed by atoms with van der Waals surface area (Å²) >= 11 is 0. The van der Waals surface area contributed by atoms with Gasteiger partial charge in [-0.2, -0.15) is 0 Å². The van der Waals surface area contributed by atoms with E-state index in [1.54, 1.807) is 12.5 Å². The van der Waals surface area contributed by atoms with Crippen molar-refractivity contribution in [1.29, 1.82) is 0 Å². The molecule has 4 rings (SSSR count). The van der Waals surface area contributed by atoms with Crippen LogP contribution in [0.15, 0.2) is 11.6 Å². The number of amides is 1. The molecule has 0 aromatic carbocycles. The van der Waals surface area contributed by atoms with Crippen LogP contribution in [0.25, 0.3) is 0 Å². The lowest BCUT2D eigenvalue weighted by atomic mass is 9.59. The second-order valence-electron chi connectivity index (χ2n) is 5.21. The Balaban J connectivity index is 1.83. The third-order valence-electron chi connectivity index (χ3n) is 4.12. The van der Waals surface area contributed by atoms with Crippen LogP contribution in [0.4, 0.5) is 0 Å². The smallest absolute Gasteiger partial charge is 0.217 e. The summed E-state index contributed by atoms with van der Waals surface area (Å²) in [6.07, 6.45) is 7.61. The van der Waals surface area contributed by atoms with E-state index in [0.717, 1.165) is 17.8 Å². The molecule has 0 heterocycles. The Labute approximate surface area is 84.8 Å². The minimum absolute atomic E-state index is 0.149. The third kappa shape index (κ3) is 1.20.